The molecule has 0 spiro atoms. The van der Waals surface area contributed by atoms with E-state index in [0.29, 0.717) is 54.8 Å². The molecule has 4 aromatic rings. The minimum atomic E-state index is -1.21. The molecule has 250 valence electrons. The zero-order valence-electron chi connectivity index (χ0n) is 28.3. The minimum Gasteiger partial charge on any atom is -0.493 e. The number of aryl methyl sites for hydroxylation is 2. The third-order valence-corrected chi connectivity index (χ3v) is 8.39. The molecule has 1 fully saturated rings. The zero-order valence-corrected chi connectivity index (χ0v) is 28.3. The second-order valence-corrected chi connectivity index (χ2v) is 13.5. The topological polar surface area (TPSA) is 111 Å². The highest BCUT2D eigenvalue weighted by atomic mass is 19.1. The number of nitrogens with zero attached hydrogens (tertiary/aromatic N) is 4. The standard InChI is InChI=1S/C37H45FN4O5/c1-22(2)34-40-35(47-41-34)27-16-19-42(20-17-27)32-30(23(3)39-24(4)31(32)33(36(43)44)46-37(5,6)7)26-10-14-29(15-11-26)45-21-18-25-8-12-28(38)13-9-25/h8-15,22,27,33H,16-21H2,1-7H3,(H,43,44)/t33-/m0/s1. The van der Waals surface area contributed by atoms with E-state index in [1.54, 1.807) is 12.1 Å². The third kappa shape index (κ3) is 8.16. The average molecular weight is 645 g/mol. The maximum atomic E-state index is 13.3. The van der Waals surface area contributed by atoms with Crippen LogP contribution >= 0.6 is 0 Å². The predicted molar refractivity (Wildman–Crippen MR) is 179 cm³/mol. The van der Waals surface area contributed by atoms with Gasteiger partial charge in [-0.3, -0.25) is 4.98 Å². The van der Waals surface area contributed by atoms with Gasteiger partial charge < -0.3 is 24.0 Å². The maximum absolute atomic E-state index is 13.3. The van der Waals surface area contributed by atoms with Crippen LogP contribution in [-0.2, 0) is 16.0 Å². The zero-order chi connectivity index (χ0) is 33.9. The molecule has 0 aliphatic carbocycles. The summed E-state index contributed by atoms with van der Waals surface area (Å²) in [5, 5.41) is 14.7. The third-order valence-electron chi connectivity index (χ3n) is 8.39. The van der Waals surface area contributed by atoms with Gasteiger partial charge in [-0.05, 0) is 82.9 Å². The normalized spacial score (nSPS) is 14.9. The fraction of sp³-hybridized carbons (Fsp3) is 0.459. The Hall–Kier alpha value is -4.31. The van der Waals surface area contributed by atoms with Crippen LogP contribution in [0.5, 0.6) is 5.75 Å². The summed E-state index contributed by atoms with van der Waals surface area (Å²) in [6.07, 6.45) is 0.988. The van der Waals surface area contributed by atoms with Crippen molar-refractivity contribution in [1.29, 1.82) is 0 Å². The number of carboxylic acids is 1. The van der Waals surface area contributed by atoms with E-state index in [-0.39, 0.29) is 17.7 Å². The number of carboxylic acid groups (broad SMARTS) is 1. The number of carbonyl (C=O) groups is 1. The second kappa shape index (κ2) is 14.2. The van der Waals surface area contributed by atoms with Crippen molar-refractivity contribution >= 4 is 11.7 Å². The highest BCUT2D eigenvalue weighted by molar-refractivity contribution is 5.88. The van der Waals surface area contributed by atoms with E-state index in [1.165, 1.54) is 12.1 Å². The van der Waals surface area contributed by atoms with E-state index >= 15 is 0 Å². The Morgan fingerprint density at radius 1 is 1.02 bits per heavy atom. The Morgan fingerprint density at radius 3 is 2.26 bits per heavy atom. The maximum Gasteiger partial charge on any atom is 0.337 e. The van der Waals surface area contributed by atoms with Gasteiger partial charge in [0.1, 0.15) is 11.6 Å². The van der Waals surface area contributed by atoms with E-state index in [4.69, 9.17) is 19.0 Å². The molecule has 1 saturated heterocycles. The minimum absolute atomic E-state index is 0.120. The van der Waals surface area contributed by atoms with Gasteiger partial charge in [-0.15, -0.1) is 0 Å². The summed E-state index contributed by atoms with van der Waals surface area (Å²) in [5.74, 6) is 1.05. The summed E-state index contributed by atoms with van der Waals surface area (Å²) in [5.41, 5.74) is 4.86. The molecule has 0 unspecified atom stereocenters. The largest absolute Gasteiger partial charge is 0.493 e. The molecular formula is C37H45FN4O5. The Bertz CT molecular complexity index is 1670. The average Bonchev–Trinajstić information content (AvgIpc) is 3.52. The van der Waals surface area contributed by atoms with Crippen molar-refractivity contribution in [1.82, 2.24) is 15.1 Å². The van der Waals surface area contributed by atoms with Gasteiger partial charge in [0.15, 0.2) is 11.9 Å². The number of aromatic nitrogens is 3. The first-order chi connectivity index (χ1) is 22.3. The Kier molecular flexibility index (Phi) is 10.3. The molecule has 0 amide bonds. The van der Waals surface area contributed by atoms with Crippen LogP contribution in [0.4, 0.5) is 10.1 Å². The first kappa shape index (κ1) is 34.0. The van der Waals surface area contributed by atoms with Crippen molar-refractivity contribution in [2.24, 2.45) is 0 Å². The molecule has 1 aliphatic rings. The van der Waals surface area contributed by atoms with Gasteiger partial charge in [-0.2, -0.15) is 4.98 Å². The van der Waals surface area contributed by atoms with Gasteiger partial charge in [-0.1, -0.05) is 43.3 Å². The molecule has 1 N–H and O–H groups in total. The van der Waals surface area contributed by atoms with Gasteiger partial charge in [0.2, 0.25) is 5.89 Å². The van der Waals surface area contributed by atoms with Gasteiger partial charge in [-0.25, -0.2) is 9.18 Å². The number of hydrogen-bond acceptors (Lipinski definition) is 8. The first-order valence-corrected chi connectivity index (χ1v) is 16.3. The number of anilines is 1. The molecule has 2 aromatic carbocycles. The van der Waals surface area contributed by atoms with Crippen LogP contribution in [0.3, 0.4) is 0 Å². The van der Waals surface area contributed by atoms with Gasteiger partial charge in [0.25, 0.3) is 0 Å². The van der Waals surface area contributed by atoms with Crippen molar-refractivity contribution in [2.75, 3.05) is 24.6 Å². The smallest absolute Gasteiger partial charge is 0.337 e. The van der Waals surface area contributed by atoms with Crippen LogP contribution in [0, 0.1) is 19.7 Å². The van der Waals surface area contributed by atoms with Gasteiger partial charge >= 0.3 is 5.97 Å². The monoisotopic (exact) mass is 644 g/mol. The van der Waals surface area contributed by atoms with Crippen molar-refractivity contribution in [3.05, 3.63) is 88.6 Å². The number of halogens is 1. The molecule has 2 aromatic heterocycles. The molecule has 0 bridgehead atoms. The van der Waals surface area contributed by atoms with Crippen molar-refractivity contribution in [3.63, 3.8) is 0 Å². The SMILES string of the molecule is Cc1nc(C)c([C@H](OC(C)(C)C)C(=O)O)c(N2CCC(c3nc(C(C)C)no3)CC2)c1-c1ccc(OCCc2ccc(F)cc2)cc1. The lowest BCUT2D eigenvalue weighted by Gasteiger charge is -2.37. The number of rotatable bonds is 11. The highest BCUT2D eigenvalue weighted by Gasteiger charge is 2.36. The van der Waals surface area contributed by atoms with E-state index in [1.807, 2.05) is 72.7 Å². The van der Waals surface area contributed by atoms with Crippen molar-refractivity contribution < 1.29 is 28.3 Å². The van der Waals surface area contributed by atoms with Gasteiger partial charge in [0.05, 0.1) is 17.9 Å². The molecule has 1 aliphatic heterocycles. The summed E-state index contributed by atoms with van der Waals surface area (Å²) >= 11 is 0. The van der Waals surface area contributed by atoms with Crippen LogP contribution in [-0.4, -0.2) is 51.5 Å². The number of pyridine rings is 1. The Labute approximate surface area is 276 Å². The van der Waals surface area contributed by atoms with E-state index in [2.05, 4.69) is 15.0 Å². The Morgan fingerprint density at radius 2 is 1.68 bits per heavy atom. The van der Waals surface area contributed by atoms with E-state index in [9.17, 15) is 14.3 Å². The molecule has 3 heterocycles. The first-order valence-electron chi connectivity index (χ1n) is 16.3. The lowest BCUT2D eigenvalue weighted by Crippen LogP contribution is -2.36. The quantitative estimate of drug-likeness (QED) is 0.174. The highest BCUT2D eigenvalue weighted by Crippen LogP contribution is 2.44. The predicted octanol–water partition coefficient (Wildman–Crippen LogP) is 7.96. The molecular weight excluding hydrogens is 599 g/mol. The number of hydrogen-bond donors (Lipinski definition) is 1. The summed E-state index contributed by atoms with van der Waals surface area (Å²) in [4.78, 5) is 24.6. The molecule has 47 heavy (non-hydrogen) atoms. The molecule has 5 rings (SSSR count). The van der Waals surface area contributed by atoms with Gasteiger partial charge in [0, 0.05) is 53.9 Å². The lowest BCUT2D eigenvalue weighted by atomic mass is 9.90. The number of benzene rings is 2. The molecule has 10 heteroatoms. The molecule has 9 nitrogen and oxygen atoms in total. The number of ether oxygens (including phenoxy) is 2. The van der Waals surface area contributed by atoms with E-state index in [0.717, 1.165) is 40.9 Å². The number of piperidine rings is 1. The van der Waals surface area contributed by atoms with Crippen molar-refractivity contribution in [2.45, 2.75) is 91.3 Å². The van der Waals surface area contributed by atoms with Crippen LogP contribution < -0.4 is 9.64 Å². The summed E-state index contributed by atoms with van der Waals surface area (Å²) in [6, 6.07) is 14.2. The molecule has 0 radical (unpaired) electrons. The Balaban J connectivity index is 1.48. The lowest BCUT2D eigenvalue weighted by molar-refractivity contribution is -0.160. The fourth-order valence-corrected chi connectivity index (χ4v) is 6.07. The van der Waals surface area contributed by atoms with E-state index < -0.39 is 17.7 Å². The van der Waals surface area contributed by atoms with Crippen LogP contribution in [0.25, 0.3) is 11.1 Å². The second-order valence-electron chi connectivity index (χ2n) is 13.5. The fourth-order valence-electron chi connectivity index (χ4n) is 6.07. The van der Waals surface area contributed by atoms with Crippen molar-refractivity contribution in [3.8, 4) is 16.9 Å². The molecule has 1 atom stereocenters. The number of aliphatic carboxylic acids is 1. The molecule has 0 saturated carbocycles. The summed E-state index contributed by atoms with van der Waals surface area (Å²) in [6.45, 7) is 15.3. The summed E-state index contributed by atoms with van der Waals surface area (Å²) in [7, 11) is 0. The van der Waals surface area contributed by atoms with Crippen LogP contribution in [0.15, 0.2) is 53.1 Å². The summed E-state index contributed by atoms with van der Waals surface area (Å²) < 4.78 is 31.1. The van der Waals surface area contributed by atoms with Crippen LogP contribution in [0.1, 0.15) is 99.6 Å². The van der Waals surface area contributed by atoms with Crippen LogP contribution in [0.2, 0.25) is 0 Å².